The third-order valence-corrected chi connectivity index (χ3v) is 2.49. The number of hydrogen-bond acceptors (Lipinski definition) is 0. The summed E-state index contributed by atoms with van der Waals surface area (Å²) >= 11 is 0. The lowest BCUT2D eigenvalue weighted by Crippen LogP contribution is -2.09. The molecule has 1 saturated carbocycles. The predicted octanol–water partition coefficient (Wildman–Crippen LogP) is 3.54. The molecule has 70 valence electrons. The Balaban J connectivity index is 2.60. The summed E-state index contributed by atoms with van der Waals surface area (Å²) in [5.74, 6) is 0.124. The van der Waals surface area contributed by atoms with Crippen LogP contribution in [0.2, 0.25) is 0 Å². The van der Waals surface area contributed by atoms with Gasteiger partial charge in [-0.15, -0.1) is 0 Å². The van der Waals surface area contributed by atoms with Gasteiger partial charge in [-0.3, -0.25) is 0 Å². The van der Waals surface area contributed by atoms with Gasteiger partial charge < -0.3 is 0 Å². The van der Waals surface area contributed by atoms with E-state index in [0.717, 1.165) is 13.3 Å². The van der Waals surface area contributed by atoms with Crippen LogP contribution in [-0.2, 0) is 0 Å². The van der Waals surface area contributed by atoms with E-state index in [9.17, 15) is 13.2 Å². The monoisotopic (exact) mass is 178 g/mol. The van der Waals surface area contributed by atoms with Gasteiger partial charge in [0.2, 0.25) is 0 Å². The summed E-state index contributed by atoms with van der Waals surface area (Å²) in [4.78, 5) is 0. The fourth-order valence-corrected chi connectivity index (χ4v) is 1.19. The summed E-state index contributed by atoms with van der Waals surface area (Å²) in [5, 5.41) is 0. The number of alkyl halides is 3. The minimum Gasteiger partial charge on any atom is -0.167 e. The van der Waals surface area contributed by atoms with E-state index in [1.54, 1.807) is 0 Å². The fourth-order valence-electron chi connectivity index (χ4n) is 1.19. The average Bonchev–Trinajstić information content (AvgIpc) is 2.36. The first-order valence-corrected chi connectivity index (χ1v) is 3.99. The number of rotatable bonds is 1. The third-order valence-electron chi connectivity index (χ3n) is 2.49. The Hall–Kier alpha value is -0.470. The lowest BCUT2D eigenvalue weighted by Gasteiger charge is -2.06. The van der Waals surface area contributed by atoms with Gasteiger partial charge in [0.25, 0.3) is 0 Å². The fraction of sp³-hybridized carbons (Fsp3) is 0.778. The van der Waals surface area contributed by atoms with Crippen LogP contribution in [0.4, 0.5) is 13.2 Å². The third kappa shape index (κ3) is 2.02. The van der Waals surface area contributed by atoms with Crippen LogP contribution in [0.3, 0.4) is 0 Å². The molecule has 0 unspecified atom stereocenters. The Labute approximate surface area is 70.5 Å². The van der Waals surface area contributed by atoms with E-state index >= 15 is 0 Å². The zero-order valence-corrected chi connectivity index (χ0v) is 7.50. The van der Waals surface area contributed by atoms with Crippen LogP contribution in [0.15, 0.2) is 11.6 Å². The van der Waals surface area contributed by atoms with Crippen LogP contribution in [0.5, 0.6) is 0 Å². The van der Waals surface area contributed by atoms with Gasteiger partial charge in [-0.25, -0.2) is 0 Å². The molecule has 0 aliphatic heterocycles. The van der Waals surface area contributed by atoms with Gasteiger partial charge in [0.05, 0.1) is 0 Å². The van der Waals surface area contributed by atoms with Crippen molar-refractivity contribution in [3.8, 4) is 0 Å². The number of hydrogen-bond donors (Lipinski definition) is 0. The maximum atomic E-state index is 12.0. The summed E-state index contributed by atoms with van der Waals surface area (Å²) in [5.41, 5.74) is -0.370. The van der Waals surface area contributed by atoms with Crippen molar-refractivity contribution >= 4 is 0 Å². The Morgan fingerprint density at radius 2 is 1.83 bits per heavy atom. The van der Waals surface area contributed by atoms with Gasteiger partial charge in [0, 0.05) is 5.57 Å². The minimum atomic E-state index is -4.14. The number of halogens is 3. The van der Waals surface area contributed by atoms with Crippen LogP contribution < -0.4 is 0 Å². The molecule has 0 N–H and O–H groups in total. The van der Waals surface area contributed by atoms with Gasteiger partial charge in [-0.2, -0.15) is 13.2 Å². The lowest BCUT2D eigenvalue weighted by molar-refractivity contribution is -0.0916. The van der Waals surface area contributed by atoms with Crippen LogP contribution in [0.1, 0.15) is 27.2 Å². The molecule has 1 rings (SSSR count). The molecule has 1 aliphatic rings. The van der Waals surface area contributed by atoms with Gasteiger partial charge in [0.15, 0.2) is 0 Å². The highest BCUT2D eigenvalue weighted by atomic mass is 19.4. The molecule has 1 atom stereocenters. The van der Waals surface area contributed by atoms with E-state index < -0.39 is 11.7 Å². The van der Waals surface area contributed by atoms with Crippen molar-refractivity contribution in [3.05, 3.63) is 11.6 Å². The van der Waals surface area contributed by atoms with Crippen molar-refractivity contribution in [1.82, 2.24) is 0 Å². The van der Waals surface area contributed by atoms with E-state index in [-0.39, 0.29) is 11.3 Å². The standard InChI is InChI=1S/C9H13F3/c1-6(9(10,11)12)4-7-5-8(7,2)3/h4,7H,5H2,1-3H3/b6-4+/t7-/m1/s1. The van der Waals surface area contributed by atoms with Crippen molar-refractivity contribution in [2.24, 2.45) is 11.3 Å². The van der Waals surface area contributed by atoms with Crippen molar-refractivity contribution in [2.75, 3.05) is 0 Å². The molecule has 3 heteroatoms. The van der Waals surface area contributed by atoms with E-state index in [0.29, 0.717) is 0 Å². The van der Waals surface area contributed by atoms with Gasteiger partial charge in [0.1, 0.15) is 0 Å². The molecule has 0 aromatic carbocycles. The van der Waals surface area contributed by atoms with E-state index in [2.05, 4.69) is 0 Å². The maximum absolute atomic E-state index is 12.0. The first-order valence-electron chi connectivity index (χ1n) is 3.99. The zero-order chi connectivity index (χ0) is 9.57. The molecular formula is C9H13F3. The average molecular weight is 178 g/mol. The van der Waals surface area contributed by atoms with Crippen molar-refractivity contribution in [2.45, 2.75) is 33.4 Å². The van der Waals surface area contributed by atoms with Gasteiger partial charge in [-0.1, -0.05) is 19.9 Å². The second kappa shape index (κ2) is 2.51. The highest BCUT2D eigenvalue weighted by Crippen LogP contribution is 2.53. The molecule has 1 aliphatic carbocycles. The van der Waals surface area contributed by atoms with Gasteiger partial charge in [-0.05, 0) is 24.7 Å². The molecule has 0 bridgehead atoms. The summed E-state index contributed by atoms with van der Waals surface area (Å²) in [6.07, 6.45) is -1.92. The largest absolute Gasteiger partial charge is 0.412 e. The Kier molecular flexibility index (Phi) is 2.01. The van der Waals surface area contributed by atoms with Crippen molar-refractivity contribution in [3.63, 3.8) is 0 Å². The summed E-state index contributed by atoms with van der Waals surface area (Å²) in [6, 6.07) is 0. The second-order valence-electron chi connectivity index (χ2n) is 4.15. The second-order valence-corrected chi connectivity index (χ2v) is 4.15. The summed E-state index contributed by atoms with van der Waals surface area (Å²) in [7, 11) is 0. The lowest BCUT2D eigenvalue weighted by atomic mass is 10.1. The molecule has 0 amide bonds. The predicted molar refractivity (Wildman–Crippen MR) is 41.7 cm³/mol. The molecule has 0 radical (unpaired) electrons. The minimum absolute atomic E-state index is 0.0898. The quantitative estimate of drug-likeness (QED) is 0.539. The maximum Gasteiger partial charge on any atom is 0.412 e. The highest BCUT2D eigenvalue weighted by molar-refractivity contribution is 5.15. The molecule has 0 heterocycles. The normalized spacial score (nSPS) is 28.8. The SMILES string of the molecule is C/C(=C\[C@@H]1CC1(C)C)C(F)(F)F. The summed E-state index contributed by atoms with van der Waals surface area (Å²) in [6.45, 7) is 5.10. The molecule has 0 saturated heterocycles. The van der Waals surface area contributed by atoms with Crippen LogP contribution >= 0.6 is 0 Å². The molecule has 0 aromatic rings. The van der Waals surface area contributed by atoms with Gasteiger partial charge >= 0.3 is 6.18 Å². The summed E-state index contributed by atoms with van der Waals surface area (Å²) < 4.78 is 36.1. The molecule has 0 nitrogen and oxygen atoms in total. The molecular weight excluding hydrogens is 165 g/mol. The van der Waals surface area contributed by atoms with Crippen molar-refractivity contribution in [1.29, 1.82) is 0 Å². The first-order chi connectivity index (χ1) is 5.23. The van der Waals surface area contributed by atoms with Crippen LogP contribution in [-0.4, -0.2) is 6.18 Å². The van der Waals surface area contributed by atoms with Crippen molar-refractivity contribution < 1.29 is 13.2 Å². The Morgan fingerprint density at radius 3 is 2.08 bits per heavy atom. The number of allylic oxidation sites excluding steroid dienone is 2. The molecule has 0 aromatic heterocycles. The molecule has 1 fully saturated rings. The van der Waals surface area contributed by atoms with E-state index in [1.807, 2.05) is 13.8 Å². The Bertz CT molecular complexity index is 210. The topological polar surface area (TPSA) is 0 Å². The smallest absolute Gasteiger partial charge is 0.167 e. The van der Waals surface area contributed by atoms with E-state index in [1.165, 1.54) is 6.08 Å². The van der Waals surface area contributed by atoms with Crippen LogP contribution in [0, 0.1) is 11.3 Å². The highest BCUT2D eigenvalue weighted by Gasteiger charge is 2.45. The van der Waals surface area contributed by atoms with E-state index in [4.69, 9.17) is 0 Å². The zero-order valence-electron chi connectivity index (χ0n) is 7.50. The molecule has 0 spiro atoms. The first kappa shape index (κ1) is 9.62. The Morgan fingerprint density at radius 1 is 1.42 bits per heavy atom. The molecule has 12 heavy (non-hydrogen) atoms. The van der Waals surface area contributed by atoms with Crippen LogP contribution in [0.25, 0.3) is 0 Å².